The minimum absolute atomic E-state index is 0.0246. The number of hydrogen-bond donors (Lipinski definition) is 3. The van der Waals surface area contributed by atoms with Crippen molar-refractivity contribution in [1.29, 1.82) is 0 Å². The van der Waals surface area contributed by atoms with Crippen molar-refractivity contribution in [2.24, 2.45) is 11.3 Å². The summed E-state index contributed by atoms with van der Waals surface area (Å²) in [6, 6.07) is 8.49. The van der Waals surface area contributed by atoms with Gasteiger partial charge in [0.1, 0.15) is 6.04 Å². The molecule has 2 rings (SSSR count). The van der Waals surface area contributed by atoms with E-state index in [0.29, 0.717) is 37.5 Å². The van der Waals surface area contributed by atoms with Gasteiger partial charge in [-0.1, -0.05) is 51.1 Å². The first-order chi connectivity index (χ1) is 15.6. The van der Waals surface area contributed by atoms with E-state index in [1.54, 1.807) is 6.92 Å². The minimum Gasteiger partial charge on any atom is -0.381 e. The lowest BCUT2D eigenvalue weighted by Crippen LogP contribution is -2.58. The topological polar surface area (TPSA) is 108 Å². The molecule has 0 aliphatic carbocycles. The van der Waals surface area contributed by atoms with Crippen LogP contribution in [0.4, 0.5) is 0 Å². The van der Waals surface area contributed by atoms with Crippen LogP contribution in [0.5, 0.6) is 0 Å². The second-order valence-corrected chi connectivity index (χ2v) is 9.91. The Kier molecular flexibility index (Phi) is 10.3. The number of nitrogens with one attached hydrogen (secondary N) is 2. The van der Waals surface area contributed by atoms with Crippen molar-refractivity contribution in [3.63, 3.8) is 0 Å². The second-order valence-electron chi connectivity index (χ2n) is 9.91. The summed E-state index contributed by atoms with van der Waals surface area (Å²) in [5, 5.41) is 16.5. The Labute approximate surface area is 197 Å². The van der Waals surface area contributed by atoms with Gasteiger partial charge in [-0.05, 0) is 50.0 Å². The average Bonchev–Trinajstić information content (AvgIpc) is 2.79. The fraction of sp³-hybridized carbons (Fsp3) is 0.640. The first-order valence-corrected chi connectivity index (χ1v) is 11.8. The van der Waals surface area contributed by atoms with E-state index in [0.717, 1.165) is 24.8 Å². The first kappa shape index (κ1) is 26.8. The Hall–Kier alpha value is -2.45. The summed E-state index contributed by atoms with van der Waals surface area (Å²) in [5.74, 6) is -1.24. The van der Waals surface area contributed by atoms with Gasteiger partial charge in [0.25, 0.3) is 0 Å². The van der Waals surface area contributed by atoms with Gasteiger partial charge in [-0.3, -0.25) is 19.6 Å². The fourth-order valence-electron chi connectivity index (χ4n) is 4.09. The lowest BCUT2D eigenvalue weighted by molar-refractivity contribution is -0.166. The van der Waals surface area contributed by atoms with Gasteiger partial charge in [0.15, 0.2) is 0 Å². The zero-order valence-corrected chi connectivity index (χ0v) is 20.3. The molecule has 1 aromatic rings. The van der Waals surface area contributed by atoms with Crippen LogP contribution in [-0.4, -0.2) is 59.8 Å². The zero-order chi connectivity index (χ0) is 24.4. The molecule has 8 nitrogen and oxygen atoms in total. The number of aryl methyl sites for hydroxylation is 1. The van der Waals surface area contributed by atoms with E-state index < -0.39 is 23.4 Å². The molecule has 2 unspecified atom stereocenters. The predicted molar refractivity (Wildman–Crippen MR) is 125 cm³/mol. The third kappa shape index (κ3) is 8.44. The Morgan fingerprint density at radius 1 is 1.18 bits per heavy atom. The summed E-state index contributed by atoms with van der Waals surface area (Å²) >= 11 is 0. The van der Waals surface area contributed by atoms with Crippen molar-refractivity contribution in [3.8, 4) is 0 Å². The van der Waals surface area contributed by atoms with E-state index in [4.69, 9.17) is 4.74 Å². The number of amides is 3. The standard InChI is InChI=1S/C25H39N3O5/c1-18(28(32)17-29)21(12-8-11-19-9-6-5-7-10-19)23(30)27-22(25(2,3)4)24(31)26-20-13-15-33-16-14-20/h5-7,9-10,17-18,20-22,32H,8,11-16H2,1-4H3,(H,26,31)(H,27,30)/t18-,21?,22?/m0/s1. The first-order valence-electron chi connectivity index (χ1n) is 11.8. The van der Waals surface area contributed by atoms with Gasteiger partial charge in [0.05, 0.1) is 12.0 Å². The normalized spacial score (nSPS) is 17.5. The highest BCUT2D eigenvalue weighted by Gasteiger charge is 2.37. The molecule has 1 heterocycles. The van der Waals surface area contributed by atoms with E-state index >= 15 is 0 Å². The summed E-state index contributed by atoms with van der Waals surface area (Å²) in [6.07, 6.45) is 3.74. The molecule has 1 fully saturated rings. The van der Waals surface area contributed by atoms with Crippen LogP contribution in [-0.2, 0) is 25.5 Å². The van der Waals surface area contributed by atoms with Crippen LogP contribution in [0.3, 0.4) is 0 Å². The van der Waals surface area contributed by atoms with Crippen molar-refractivity contribution in [3.05, 3.63) is 35.9 Å². The molecule has 0 spiro atoms. The number of rotatable bonds is 11. The molecule has 184 valence electrons. The molecule has 8 heteroatoms. The smallest absolute Gasteiger partial charge is 0.243 e. The molecule has 1 aromatic carbocycles. The summed E-state index contributed by atoms with van der Waals surface area (Å²) in [4.78, 5) is 37.6. The van der Waals surface area contributed by atoms with E-state index in [1.807, 2.05) is 51.1 Å². The maximum atomic E-state index is 13.3. The van der Waals surface area contributed by atoms with Crippen LogP contribution in [0, 0.1) is 11.3 Å². The number of hydroxylamine groups is 2. The fourth-order valence-corrected chi connectivity index (χ4v) is 4.09. The highest BCUT2D eigenvalue weighted by molar-refractivity contribution is 5.89. The lowest BCUT2D eigenvalue weighted by atomic mass is 9.84. The van der Waals surface area contributed by atoms with Gasteiger partial charge in [0.2, 0.25) is 18.2 Å². The molecule has 3 amide bonds. The van der Waals surface area contributed by atoms with Crippen LogP contribution < -0.4 is 10.6 Å². The molecule has 0 saturated carbocycles. The summed E-state index contributed by atoms with van der Waals surface area (Å²) in [5.41, 5.74) is 0.635. The van der Waals surface area contributed by atoms with Gasteiger partial charge in [-0.25, -0.2) is 5.06 Å². The van der Waals surface area contributed by atoms with Gasteiger partial charge in [-0.15, -0.1) is 0 Å². The van der Waals surface area contributed by atoms with E-state index in [9.17, 15) is 19.6 Å². The maximum Gasteiger partial charge on any atom is 0.243 e. The average molecular weight is 462 g/mol. The number of hydrogen-bond acceptors (Lipinski definition) is 5. The molecule has 0 aromatic heterocycles. The van der Waals surface area contributed by atoms with Crippen LogP contribution in [0.2, 0.25) is 0 Å². The molecular weight excluding hydrogens is 422 g/mol. The molecule has 1 aliphatic rings. The highest BCUT2D eigenvalue weighted by Crippen LogP contribution is 2.23. The molecule has 33 heavy (non-hydrogen) atoms. The van der Waals surface area contributed by atoms with Crippen molar-refractivity contribution < 1.29 is 24.3 Å². The lowest BCUT2D eigenvalue weighted by Gasteiger charge is -2.35. The molecule has 0 bridgehead atoms. The number of benzene rings is 1. The van der Waals surface area contributed by atoms with Crippen molar-refractivity contribution in [2.45, 2.75) is 77.9 Å². The number of ether oxygens (including phenoxy) is 1. The van der Waals surface area contributed by atoms with Crippen LogP contribution in [0.25, 0.3) is 0 Å². The van der Waals surface area contributed by atoms with E-state index in [2.05, 4.69) is 10.6 Å². The van der Waals surface area contributed by atoms with E-state index in [-0.39, 0.29) is 17.9 Å². The van der Waals surface area contributed by atoms with Crippen molar-refractivity contribution >= 4 is 18.2 Å². The highest BCUT2D eigenvalue weighted by atomic mass is 16.5. The Morgan fingerprint density at radius 2 is 1.82 bits per heavy atom. The predicted octanol–water partition coefficient (Wildman–Crippen LogP) is 2.69. The summed E-state index contributed by atoms with van der Waals surface area (Å²) < 4.78 is 5.36. The van der Waals surface area contributed by atoms with E-state index in [1.165, 1.54) is 0 Å². The third-order valence-electron chi connectivity index (χ3n) is 6.25. The second kappa shape index (κ2) is 12.7. The van der Waals surface area contributed by atoms with Crippen LogP contribution >= 0.6 is 0 Å². The SMILES string of the molecule is C[C@@H](C(CCCc1ccccc1)C(=O)NC(C(=O)NC1CCOCC1)C(C)(C)C)N(O)C=O. The Morgan fingerprint density at radius 3 is 2.39 bits per heavy atom. The summed E-state index contributed by atoms with van der Waals surface area (Å²) in [6.45, 7) is 8.56. The molecule has 3 atom stereocenters. The summed E-state index contributed by atoms with van der Waals surface area (Å²) in [7, 11) is 0. The Balaban J connectivity index is 2.09. The molecular formula is C25H39N3O5. The molecule has 0 radical (unpaired) electrons. The van der Waals surface area contributed by atoms with Crippen LogP contribution in [0.15, 0.2) is 30.3 Å². The number of nitrogens with zero attached hydrogens (tertiary/aromatic N) is 1. The zero-order valence-electron chi connectivity index (χ0n) is 20.3. The van der Waals surface area contributed by atoms with Gasteiger partial charge >= 0.3 is 0 Å². The monoisotopic (exact) mass is 461 g/mol. The number of carbonyl (C=O) groups excluding carboxylic acids is 3. The van der Waals surface area contributed by atoms with Gasteiger partial charge < -0.3 is 15.4 Å². The largest absolute Gasteiger partial charge is 0.381 e. The van der Waals surface area contributed by atoms with Crippen molar-refractivity contribution in [2.75, 3.05) is 13.2 Å². The maximum absolute atomic E-state index is 13.3. The Bertz CT molecular complexity index is 759. The quantitative estimate of drug-likeness (QED) is 0.267. The molecule has 1 saturated heterocycles. The number of carbonyl (C=O) groups is 3. The van der Waals surface area contributed by atoms with Crippen molar-refractivity contribution in [1.82, 2.24) is 15.7 Å². The molecule has 1 aliphatic heterocycles. The van der Waals surface area contributed by atoms with Gasteiger partial charge in [0, 0.05) is 19.3 Å². The molecule has 3 N–H and O–H groups in total. The van der Waals surface area contributed by atoms with Gasteiger partial charge in [-0.2, -0.15) is 0 Å². The minimum atomic E-state index is -0.750. The van der Waals surface area contributed by atoms with Crippen LogP contribution in [0.1, 0.15) is 58.9 Å². The third-order valence-corrected chi connectivity index (χ3v) is 6.25.